The Balaban J connectivity index is 1.64. The van der Waals surface area contributed by atoms with Gasteiger partial charge >= 0.3 is 5.97 Å². The van der Waals surface area contributed by atoms with E-state index in [1.54, 1.807) is 35.8 Å². The van der Waals surface area contributed by atoms with Gasteiger partial charge in [0.25, 0.3) is 5.91 Å². The third-order valence-corrected chi connectivity index (χ3v) is 6.54. The van der Waals surface area contributed by atoms with Crippen LogP contribution in [0.25, 0.3) is 0 Å². The van der Waals surface area contributed by atoms with Crippen molar-refractivity contribution in [3.63, 3.8) is 0 Å². The number of benzene rings is 2. The lowest BCUT2D eigenvalue weighted by atomic mass is 10.2. The van der Waals surface area contributed by atoms with Crippen LogP contribution in [0.15, 0.2) is 54.2 Å². The monoisotopic (exact) mass is 573 g/mol. The molecule has 0 atom stereocenters. The van der Waals surface area contributed by atoms with E-state index in [4.69, 9.17) is 25.8 Å². The van der Waals surface area contributed by atoms with Crippen molar-refractivity contribution in [2.45, 2.75) is 25.2 Å². The average molecular weight is 574 g/mol. The number of ether oxygens (including phenoxy) is 3. The predicted octanol–water partition coefficient (Wildman–Crippen LogP) is 3.97. The van der Waals surface area contributed by atoms with Crippen molar-refractivity contribution in [1.29, 1.82) is 0 Å². The maximum Gasteiger partial charge on any atom is 0.338 e. The Morgan fingerprint density at radius 1 is 1.08 bits per heavy atom. The maximum absolute atomic E-state index is 12.7. The van der Waals surface area contributed by atoms with Gasteiger partial charge in [-0.15, -0.1) is 16.8 Å². The molecule has 39 heavy (non-hydrogen) atoms. The highest BCUT2D eigenvalue weighted by Crippen LogP contribution is 2.28. The zero-order valence-corrected chi connectivity index (χ0v) is 23.2. The third-order valence-electron chi connectivity index (χ3n) is 5.24. The van der Waals surface area contributed by atoms with E-state index in [9.17, 15) is 14.4 Å². The summed E-state index contributed by atoms with van der Waals surface area (Å²) in [6.07, 6.45) is 1.66. The Kier molecular flexibility index (Phi) is 10.8. The number of nitrogens with one attached hydrogen (secondary N) is 2. The van der Waals surface area contributed by atoms with Crippen molar-refractivity contribution < 1.29 is 28.6 Å². The lowest BCUT2D eigenvalue weighted by molar-refractivity contribution is -0.113. The van der Waals surface area contributed by atoms with Crippen LogP contribution in [0, 0.1) is 0 Å². The molecule has 0 unspecified atom stereocenters. The molecule has 0 radical (unpaired) electrons. The van der Waals surface area contributed by atoms with Gasteiger partial charge in [0.2, 0.25) is 5.91 Å². The molecule has 0 bridgehead atoms. The van der Waals surface area contributed by atoms with Crippen LogP contribution in [0.5, 0.6) is 11.5 Å². The summed E-state index contributed by atoms with van der Waals surface area (Å²) >= 11 is 7.34. The summed E-state index contributed by atoms with van der Waals surface area (Å²) in [4.78, 5) is 37.3. The van der Waals surface area contributed by atoms with Crippen LogP contribution >= 0.6 is 23.4 Å². The first-order chi connectivity index (χ1) is 18.8. The normalized spacial score (nSPS) is 10.5. The number of rotatable bonds is 13. The van der Waals surface area contributed by atoms with Crippen molar-refractivity contribution >= 4 is 46.8 Å². The molecule has 206 valence electrons. The molecule has 2 N–H and O–H groups in total. The van der Waals surface area contributed by atoms with Crippen molar-refractivity contribution in [3.05, 3.63) is 71.0 Å². The van der Waals surface area contributed by atoms with Crippen LogP contribution in [0.3, 0.4) is 0 Å². The van der Waals surface area contributed by atoms with Crippen molar-refractivity contribution in [1.82, 2.24) is 20.1 Å². The number of halogens is 1. The summed E-state index contributed by atoms with van der Waals surface area (Å²) in [5.74, 6) is 0.219. The lowest BCUT2D eigenvalue weighted by Gasteiger charge is -2.11. The second-order valence-electron chi connectivity index (χ2n) is 7.80. The van der Waals surface area contributed by atoms with Crippen LogP contribution in [-0.4, -0.2) is 59.1 Å². The molecular weight excluding hydrogens is 546 g/mol. The van der Waals surface area contributed by atoms with Crippen LogP contribution in [-0.2, 0) is 22.6 Å². The molecule has 0 saturated heterocycles. The topological polar surface area (TPSA) is 134 Å². The van der Waals surface area contributed by atoms with Gasteiger partial charge in [-0.05, 0) is 43.3 Å². The number of methoxy groups -OCH3 is 2. The Hall–Kier alpha value is -4.03. The number of nitrogens with zero attached hydrogens (tertiary/aromatic N) is 3. The summed E-state index contributed by atoms with van der Waals surface area (Å²) in [6.45, 7) is 6.16. The fraction of sp³-hybridized carbons (Fsp3) is 0.269. The first-order valence-corrected chi connectivity index (χ1v) is 13.1. The van der Waals surface area contributed by atoms with E-state index in [1.165, 1.54) is 32.4 Å². The number of esters is 1. The zero-order chi connectivity index (χ0) is 28.4. The Bertz CT molecular complexity index is 1360. The van der Waals surface area contributed by atoms with Gasteiger partial charge in [0, 0.05) is 12.1 Å². The summed E-state index contributed by atoms with van der Waals surface area (Å²) < 4.78 is 17.2. The number of carbonyl (C=O) groups is 3. The van der Waals surface area contributed by atoms with E-state index < -0.39 is 5.97 Å². The molecule has 13 heteroatoms. The molecule has 0 fully saturated rings. The summed E-state index contributed by atoms with van der Waals surface area (Å²) in [6, 6.07) is 9.35. The van der Waals surface area contributed by atoms with Gasteiger partial charge < -0.3 is 29.4 Å². The standard InChI is InChI=1S/C26H28ClN5O6S/c1-5-11-32-22(14-28-24(34)16-8-10-20(36-3)21(13-16)37-4)30-31-26(32)39-15-23(33)29-19-12-17(7-9-18(19)27)25(35)38-6-2/h5,7-10,12-13H,1,6,11,14-15H2,2-4H3,(H,28,34)(H,29,33). The van der Waals surface area contributed by atoms with Gasteiger partial charge in [-0.25, -0.2) is 4.79 Å². The minimum absolute atomic E-state index is 0.00671. The van der Waals surface area contributed by atoms with E-state index in [0.717, 1.165) is 11.8 Å². The van der Waals surface area contributed by atoms with Gasteiger partial charge in [-0.2, -0.15) is 0 Å². The summed E-state index contributed by atoms with van der Waals surface area (Å²) in [7, 11) is 3.01. The second kappa shape index (κ2) is 14.2. The highest BCUT2D eigenvalue weighted by Gasteiger charge is 2.17. The molecule has 11 nitrogen and oxygen atoms in total. The summed E-state index contributed by atoms with van der Waals surface area (Å²) in [5, 5.41) is 14.6. The first kappa shape index (κ1) is 29.5. The van der Waals surface area contributed by atoms with Crippen LogP contribution in [0.2, 0.25) is 5.02 Å². The van der Waals surface area contributed by atoms with Gasteiger partial charge in [0.15, 0.2) is 22.5 Å². The van der Waals surface area contributed by atoms with E-state index in [1.807, 2.05) is 0 Å². The Morgan fingerprint density at radius 3 is 2.51 bits per heavy atom. The largest absolute Gasteiger partial charge is 0.493 e. The highest BCUT2D eigenvalue weighted by molar-refractivity contribution is 7.99. The Morgan fingerprint density at radius 2 is 1.82 bits per heavy atom. The quantitative estimate of drug-likeness (QED) is 0.177. The first-order valence-electron chi connectivity index (χ1n) is 11.7. The van der Waals surface area contributed by atoms with E-state index in [0.29, 0.717) is 40.3 Å². The molecule has 0 aliphatic heterocycles. The van der Waals surface area contributed by atoms with E-state index >= 15 is 0 Å². The number of carbonyl (C=O) groups excluding carboxylic acids is 3. The molecule has 2 amide bonds. The molecule has 3 aromatic rings. The fourth-order valence-electron chi connectivity index (χ4n) is 3.39. The number of hydrogen-bond acceptors (Lipinski definition) is 9. The van der Waals surface area contributed by atoms with Crippen molar-refractivity contribution in [2.24, 2.45) is 0 Å². The lowest BCUT2D eigenvalue weighted by Crippen LogP contribution is -2.25. The van der Waals surface area contributed by atoms with Crippen LogP contribution in [0.1, 0.15) is 33.5 Å². The number of hydrogen-bond donors (Lipinski definition) is 2. The van der Waals surface area contributed by atoms with Gasteiger partial charge in [-0.1, -0.05) is 29.4 Å². The molecule has 0 spiro atoms. The smallest absolute Gasteiger partial charge is 0.338 e. The molecule has 1 aromatic heterocycles. The zero-order valence-electron chi connectivity index (χ0n) is 21.7. The number of aromatic nitrogens is 3. The molecule has 0 aliphatic carbocycles. The average Bonchev–Trinajstić information content (AvgIpc) is 3.32. The molecular formula is C26H28ClN5O6S. The number of anilines is 1. The van der Waals surface area contributed by atoms with Crippen molar-refractivity contribution in [3.8, 4) is 11.5 Å². The summed E-state index contributed by atoms with van der Waals surface area (Å²) in [5.41, 5.74) is 0.952. The maximum atomic E-state index is 12.7. The number of thioether (sulfide) groups is 1. The SMILES string of the molecule is C=CCn1c(CNC(=O)c2ccc(OC)c(OC)c2)nnc1SCC(=O)Nc1cc(C(=O)OCC)ccc1Cl. The molecule has 3 rings (SSSR count). The highest BCUT2D eigenvalue weighted by atomic mass is 35.5. The molecule has 0 aliphatic rings. The molecule has 2 aromatic carbocycles. The van der Waals surface area contributed by atoms with E-state index in [-0.39, 0.29) is 41.3 Å². The third kappa shape index (κ3) is 7.74. The number of allylic oxidation sites excluding steroid dienone is 1. The van der Waals surface area contributed by atoms with Gasteiger partial charge in [0.1, 0.15) is 0 Å². The van der Waals surface area contributed by atoms with Gasteiger partial charge in [0.05, 0.1) is 49.4 Å². The number of amides is 2. The molecule has 1 heterocycles. The second-order valence-corrected chi connectivity index (χ2v) is 9.15. The molecule has 0 saturated carbocycles. The van der Waals surface area contributed by atoms with E-state index in [2.05, 4.69) is 27.4 Å². The predicted molar refractivity (Wildman–Crippen MR) is 148 cm³/mol. The van der Waals surface area contributed by atoms with Crippen LogP contribution < -0.4 is 20.1 Å². The van der Waals surface area contributed by atoms with Gasteiger partial charge in [-0.3, -0.25) is 9.59 Å². The van der Waals surface area contributed by atoms with Crippen molar-refractivity contribution in [2.75, 3.05) is 31.9 Å². The fourth-order valence-corrected chi connectivity index (χ4v) is 4.32. The minimum atomic E-state index is -0.512. The Labute approximate surface area is 234 Å². The minimum Gasteiger partial charge on any atom is -0.493 e. The van der Waals surface area contributed by atoms with Crippen LogP contribution in [0.4, 0.5) is 5.69 Å².